The van der Waals surface area contributed by atoms with E-state index in [9.17, 15) is 13.2 Å². The molecule has 0 spiro atoms. The highest BCUT2D eigenvalue weighted by molar-refractivity contribution is 7.92. The maximum absolute atomic E-state index is 12.7. The largest absolute Gasteiger partial charge is 0.289 e. The maximum atomic E-state index is 12.7. The van der Waals surface area contributed by atoms with Gasteiger partial charge in [0.1, 0.15) is 0 Å². The van der Waals surface area contributed by atoms with E-state index in [0.29, 0.717) is 16.5 Å². The molecule has 4 nitrogen and oxygen atoms in total. The van der Waals surface area contributed by atoms with Crippen molar-refractivity contribution in [3.8, 4) is 0 Å². The molecule has 0 bridgehead atoms. The Balaban J connectivity index is 1.80. The van der Waals surface area contributed by atoms with Crippen LogP contribution in [0.3, 0.4) is 0 Å². The lowest BCUT2D eigenvalue weighted by atomic mass is 10.2. The Morgan fingerprint density at radius 2 is 1.54 bits per heavy atom. The zero-order valence-electron chi connectivity index (χ0n) is 13.9. The highest BCUT2D eigenvalue weighted by Gasteiger charge is 2.15. The van der Waals surface area contributed by atoms with Crippen LogP contribution in [0, 0.1) is 6.92 Å². The highest BCUT2D eigenvalue weighted by Crippen LogP contribution is 2.27. The minimum absolute atomic E-state index is 0.0919. The van der Waals surface area contributed by atoms with Crippen molar-refractivity contribution in [2.24, 2.45) is 0 Å². The summed E-state index contributed by atoms with van der Waals surface area (Å²) in [5.74, 6) is 0. The summed E-state index contributed by atoms with van der Waals surface area (Å²) in [6.07, 6.45) is 0. The monoisotopic (exact) mass is 381 g/mol. The second-order valence-corrected chi connectivity index (χ2v) is 8.82. The molecule has 6 heteroatoms. The van der Waals surface area contributed by atoms with E-state index in [-0.39, 0.29) is 10.3 Å². The number of anilines is 1. The van der Waals surface area contributed by atoms with Crippen molar-refractivity contribution in [3.05, 3.63) is 82.5 Å². The van der Waals surface area contributed by atoms with Gasteiger partial charge in [0.15, 0.2) is 5.43 Å². The molecule has 0 aliphatic rings. The van der Waals surface area contributed by atoms with Crippen molar-refractivity contribution in [3.63, 3.8) is 0 Å². The zero-order chi connectivity index (χ0) is 18.3. The van der Waals surface area contributed by atoms with Crippen molar-refractivity contribution in [1.29, 1.82) is 0 Å². The van der Waals surface area contributed by atoms with Gasteiger partial charge < -0.3 is 0 Å². The predicted octanol–water partition coefficient (Wildman–Crippen LogP) is 4.52. The van der Waals surface area contributed by atoms with Crippen LogP contribution in [-0.2, 0) is 10.0 Å². The first kappa shape index (κ1) is 16.8. The van der Waals surface area contributed by atoms with Crippen molar-refractivity contribution in [1.82, 2.24) is 0 Å². The molecule has 0 aliphatic heterocycles. The third-order valence-corrected chi connectivity index (χ3v) is 6.71. The van der Waals surface area contributed by atoms with Gasteiger partial charge in [-0.15, -0.1) is 11.3 Å². The molecule has 0 amide bonds. The van der Waals surface area contributed by atoms with Crippen molar-refractivity contribution in [2.45, 2.75) is 11.8 Å². The number of nitrogens with one attached hydrogen (secondary N) is 1. The van der Waals surface area contributed by atoms with Gasteiger partial charge >= 0.3 is 0 Å². The molecule has 4 aromatic rings. The van der Waals surface area contributed by atoms with Crippen molar-refractivity contribution >= 4 is 47.2 Å². The van der Waals surface area contributed by atoms with E-state index in [2.05, 4.69) is 4.72 Å². The first-order chi connectivity index (χ1) is 12.4. The lowest BCUT2D eigenvalue weighted by molar-refractivity contribution is 0.601. The van der Waals surface area contributed by atoms with E-state index in [1.54, 1.807) is 48.5 Å². The van der Waals surface area contributed by atoms with Crippen LogP contribution in [0.1, 0.15) is 5.56 Å². The smallest absolute Gasteiger partial charge is 0.261 e. The Bertz CT molecular complexity index is 1290. The summed E-state index contributed by atoms with van der Waals surface area (Å²) in [7, 11) is -3.70. The molecule has 0 saturated carbocycles. The van der Waals surface area contributed by atoms with Crippen molar-refractivity contribution < 1.29 is 8.42 Å². The Labute approximate surface area is 154 Å². The number of rotatable bonds is 3. The average molecular weight is 381 g/mol. The number of fused-ring (bicyclic) bond motifs is 2. The van der Waals surface area contributed by atoms with E-state index in [4.69, 9.17) is 0 Å². The summed E-state index contributed by atoms with van der Waals surface area (Å²) < 4.78 is 29.4. The molecule has 0 saturated heterocycles. The molecule has 1 aromatic heterocycles. The summed E-state index contributed by atoms with van der Waals surface area (Å²) >= 11 is 1.51. The predicted molar refractivity (Wildman–Crippen MR) is 108 cm³/mol. The molecule has 0 unspecified atom stereocenters. The molecule has 130 valence electrons. The number of hydrogen-bond donors (Lipinski definition) is 1. The van der Waals surface area contributed by atoms with Gasteiger partial charge in [-0.05, 0) is 49.4 Å². The minimum Gasteiger partial charge on any atom is -0.289 e. The summed E-state index contributed by atoms with van der Waals surface area (Å²) in [5.41, 5.74) is 1.27. The van der Waals surface area contributed by atoms with Crippen LogP contribution < -0.4 is 10.2 Å². The standard InChI is InChI=1S/C20H15NO3S2/c1-13-6-9-15(10-7-13)26(23,24)21-14-8-11-19-17(12-14)20(22)16-4-2-3-5-18(16)25-19/h2-12,21H,1H3. The fourth-order valence-corrected chi connectivity index (χ4v) is 4.90. The molecule has 0 fully saturated rings. The molecule has 3 aromatic carbocycles. The van der Waals surface area contributed by atoms with Crippen LogP contribution in [0.4, 0.5) is 5.69 Å². The molecular formula is C20H15NO3S2. The topological polar surface area (TPSA) is 63.2 Å². The summed E-state index contributed by atoms with van der Waals surface area (Å²) in [6, 6.07) is 19.1. The molecule has 4 rings (SSSR count). The van der Waals surface area contributed by atoms with Crippen LogP contribution in [-0.4, -0.2) is 8.42 Å². The summed E-state index contributed by atoms with van der Waals surface area (Å²) in [4.78, 5) is 12.9. The van der Waals surface area contributed by atoms with Crippen LogP contribution >= 0.6 is 11.3 Å². The first-order valence-corrected chi connectivity index (χ1v) is 10.3. The second kappa shape index (κ2) is 6.23. The lowest BCUT2D eigenvalue weighted by Gasteiger charge is -2.09. The van der Waals surface area contributed by atoms with Gasteiger partial charge in [0.05, 0.1) is 4.90 Å². The van der Waals surface area contributed by atoms with Gasteiger partial charge in [-0.25, -0.2) is 8.42 Å². The molecular weight excluding hydrogens is 366 g/mol. The van der Waals surface area contributed by atoms with Gasteiger partial charge in [-0.2, -0.15) is 0 Å². The van der Waals surface area contributed by atoms with E-state index in [1.807, 2.05) is 25.1 Å². The summed E-state index contributed by atoms with van der Waals surface area (Å²) in [5, 5.41) is 1.15. The number of hydrogen-bond acceptors (Lipinski definition) is 4. The molecule has 1 N–H and O–H groups in total. The van der Waals surface area contributed by atoms with Crippen LogP contribution in [0.15, 0.2) is 76.4 Å². The van der Waals surface area contributed by atoms with Crippen molar-refractivity contribution in [2.75, 3.05) is 4.72 Å². The van der Waals surface area contributed by atoms with E-state index in [0.717, 1.165) is 15.0 Å². The molecule has 26 heavy (non-hydrogen) atoms. The molecule has 0 atom stereocenters. The lowest BCUT2D eigenvalue weighted by Crippen LogP contribution is -2.13. The fraction of sp³-hybridized carbons (Fsp3) is 0.0500. The minimum atomic E-state index is -3.70. The van der Waals surface area contributed by atoms with E-state index >= 15 is 0 Å². The van der Waals surface area contributed by atoms with Gasteiger partial charge in [0.2, 0.25) is 0 Å². The Kier molecular flexibility index (Phi) is 4.01. The fourth-order valence-electron chi connectivity index (χ4n) is 2.80. The third-order valence-electron chi connectivity index (χ3n) is 4.16. The van der Waals surface area contributed by atoms with Gasteiger partial charge in [-0.1, -0.05) is 29.8 Å². The van der Waals surface area contributed by atoms with E-state index in [1.165, 1.54) is 11.3 Å². The van der Waals surface area contributed by atoms with Gasteiger partial charge in [0.25, 0.3) is 10.0 Å². The van der Waals surface area contributed by atoms with Gasteiger partial charge in [0, 0.05) is 25.9 Å². The van der Waals surface area contributed by atoms with Crippen LogP contribution in [0.25, 0.3) is 20.2 Å². The number of aryl methyl sites for hydroxylation is 1. The second-order valence-electron chi connectivity index (χ2n) is 6.06. The summed E-state index contributed by atoms with van der Waals surface area (Å²) in [6.45, 7) is 1.90. The number of benzene rings is 3. The first-order valence-electron chi connectivity index (χ1n) is 7.99. The zero-order valence-corrected chi connectivity index (χ0v) is 15.5. The Hall–Kier alpha value is -2.70. The Morgan fingerprint density at radius 1 is 0.846 bits per heavy atom. The number of sulfonamides is 1. The molecule has 1 heterocycles. The SMILES string of the molecule is Cc1ccc(S(=O)(=O)Nc2ccc3sc4ccccc4c(=O)c3c2)cc1. The highest BCUT2D eigenvalue weighted by atomic mass is 32.2. The van der Waals surface area contributed by atoms with E-state index < -0.39 is 10.0 Å². The van der Waals surface area contributed by atoms with Crippen LogP contribution in [0.2, 0.25) is 0 Å². The quantitative estimate of drug-likeness (QED) is 0.531. The normalized spacial score (nSPS) is 11.7. The molecule has 0 radical (unpaired) electrons. The molecule has 0 aliphatic carbocycles. The third kappa shape index (κ3) is 2.98. The average Bonchev–Trinajstić information content (AvgIpc) is 2.63. The Morgan fingerprint density at radius 3 is 2.31 bits per heavy atom. The van der Waals surface area contributed by atoms with Gasteiger partial charge in [-0.3, -0.25) is 9.52 Å². The maximum Gasteiger partial charge on any atom is 0.261 e. The van der Waals surface area contributed by atoms with Crippen LogP contribution in [0.5, 0.6) is 0 Å².